The fourth-order valence-corrected chi connectivity index (χ4v) is 3.84. The molecule has 2 amide bonds. The minimum atomic E-state index is -0.149. The molecular formula is C21H21ClN4O3. The molecule has 8 heteroatoms. The largest absolute Gasteiger partial charge is 0.497 e. The van der Waals surface area contributed by atoms with Crippen molar-refractivity contribution in [2.75, 3.05) is 25.5 Å². The molecule has 0 spiro atoms. The minimum absolute atomic E-state index is 0.00316. The summed E-state index contributed by atoms with van der Waals surface area (Å²) in [5.41, 5.74) is 1.13. The molecule has 2 heterocycles. The number of hydrogen-bond donors (Lipinski definition) is 1. The summed E-state index contributed by atoms with van der Waals surface area (Å²) in [6, 6.07) is 12.3. The Labute approximate surface area is 172 Å². The van der Waals surface area contributed by atoms with Crippen molar-refractivity contribution in [3.05, 3.63) is 64.2 Å². The number of para-hydroxylation sites is 1. The molecule has 0 saturated carbocycles. The van der Waals surface area contributed by atoms with Crippen molar-refractivity contribution in [1.82, 2.24) is 14.5 Å². The number of ether oxygens (including phenoxy) is 1. The highest BCUT2D eigenvalue weighted by Gasteiger charge is 2.25. The van der Waals surface area contributed by atoms with E-state index in [9.17, 15) is 9.59 Å². The highest BCUT2D eigenvalue weighted by Crippen LogP contribution is 2.24. The Morgan fingerprint density at radius 3 is 2.59 bits per heavy atom. The number of nitrogens with one attached hydrogen (secondary N) is 1. The third-order valence-corrected chi connectivity index (χ3v) is 5.55. The van der Waals surface area contributed by atoms with E-state index in [2.05, 4.69) is 10.3 Å². The van der Waals surface area contributed by atoms with Gasteiger partial charge in [-0.05, 0) is 49.2 Å². The van der Waals surface area contributed by atoms with Crippen LogP contribution in [0.15, 0.2) is 53.6 Å². The number of halogens is 1. The molecular weight excluding hydrogens is 392 g/mol. The number of piperidine rings is 1. The molecule has 1 aliphatic rings. The minimum Gasteiger partial charge on any atom is -0.497 e. The lowest BCUT2D eigenvalue weighted by Crippen LogP contribution is -2.42. The molecule has 1 N–H and O–H groups in total. The van der Waals surface area contributed by atoms with Gasteiger partial charge in [-0.25, -0.2) is 9.78 Å². The summed E-state index contributed by atoms with van der Waals surface area (Å²) in [6.07, 6.45) is 2.93. The Morgan fingerprint density at radius 1 is 1.17 bits per heavy atom. The second-order valence-electron chi connectivity index (χ2n) is 6.97. The zero-order valence-corrected chi connectivity index (χ0v) is 16.7. The molecule has 1 fully saturated rings. The number of urea groups is 1. The van der Waals surface area contributed by atoms with E-state index in [0.29, 0.717) is 47.5 Å². The number of carbonyl (C=O) groups excluding carboxylic acids is 1. The van der Waals surface area contributed by atoms with Gasteiger partial charge in [0.25, 0.3) is 5.56 Å². The molecule has 0 bridgehead atoms. The summed E-state index contributed by atoms with van der Waals surface area (Å²) in [7, 11) is 1.60. The van der Waals surface area contributed by atoms with Crippen molar-refractivity contribution in [2.24, 2.45) is 0 Å². The van der Waals surface area contributed by atoms with Crippen molar-refractivity contribution in [1.29, 1.82) is 0 Å². The van der Waals surface area contributed by atoms with Crippen LogP contribution >= 0.6 is 11.6 Å². The summed E-state index contributed by atoms with van der Waals surface area (Å²) in [5.74, 6) is 0.736. The summed E-state index contributed by atoms with van der Waals surface area (Å²) in [5, 5.41) is 3.88. The van der Waals surface area contributed by atoms with E-state index in [1.807, 2.05) is 0 Å². The van der Waals surface area contributed by atoms with E-state index in [1.54, 1.807) is 65.4 Å². The lowest BCUT2D eigenvalue weighted by molar-refractivity contribution is 0.182. The van der Waals surface area contributed by atoms with Crippen molar-refractivity contribution < 1.29 is 9.53 Å². The van der Waals surface area contributed by atoms with Crippen LogP contribution in [0.25, 0.3) is 10.9 Å². The third-order valence-electron chi connectivity index (χ3n) is 5.25. The fraction of sp³-hybridized carbons (Fsp3) is 0.286. The number of carbonyl (C=O) groups is 1. The van der Waals surface area contributed by atoms with Crippen LogP contribution in [0.3, 0.4) is 0 Å². The number of hydrogen-bond acceptors (Lipinski definition) is 4. The average Bonchev–Trinajstić information content (AvgIpc) is 2.75. The SMILES string of the molecule is COc1ccc(NC(=O)N2CCC(n3cnc4c(Cl)cccc4c3=O)CC2)cc1. The van der Waals surface area contributed by atoms with Crippen LogP contribution in [0.2, 0.25) is 5.02 Å². The number of likely N-dealkylation sites (tertiary alicyclic amines) is 1. The van der Waals surface area contributed by atoms with Crippen LogP contribution in [0.4, 0.5) is 10.5 Å². The monoisotopic (exact) mass is 412 g/mol. The number of amides is 2. The Morgan fingerprint density at radius 2 is 1.90 bits per heavy atom. The van der Waals surface area contributed by atoms with Gasteiger partial charge in [0, 0.05) is 24.8 Å². The van der Waals surface area contributed by atoms with E-state index in [-0.39, 0.29) is 17.6 Å². The molecule has 7 nitrogen and oxygen atoms in total. The van der Waals surface area contributed by atoms with Gasteiger partial charge in [-0.15, -0.1) is 0 Å². The highest BCUT2D eigenvalue weighted by atomic mass is 35.5. The lowest BCUT2D eigenvalue weighted by atomic mass is 10.0. The smallest absolute Gasteiger partial charge is 0.321 e. The number of aromatic nitrogens is 2. The summed E-state index contributed by atoms with van der Waals surface area (Å²) < 4.78 is 6.79. The summed E-state index contributed by atoms with van der Waals surface area (Å²) >= 11 is 6.14. The Balaban J connectivity index is 1.42. The van der Waals surface area contributed by atoms with E-state index in [4.69, 9.17) is 16.3 Å². The number of methoxy groups -OCH3 is 1. The molecule has 0 atom stereocenters. The van der Waals surface area contributed by atoms with E-state index < -0.39 is 0 Å². The Bertz CT molecular complexity index is 1090. The van der Waals surface area contributed by atoms with Gasteiger partial charge in [0.1, 0.15) is 5.75 Å². The van der Waals surface area contributed by atoms with Crippen LogP contribution in [0, 0.1) is 0 Å². The predicted octanol–water partition coefficient (Wildman–Crippen LogP) is 3.93. The maximum atomic E-state index is 12.8. The zero-order chi connectivity index (χ0) is 20.4. The van der Waals surface area contributed by atoms with Crippen LogP contribution < -0.4 is 15.6 Å². The van der Waals surface area contributed by atoms with Gasteiger partial charge >= 0.3 is 6.03 Å². The Kier molecular flexibility index (Phi) is 5.40. The molecule has 0 aliphatic carbocycles. The van der Waals surface area contributed by atoms with Gasteiger partial charge in [0.15, 0.2) is 0 Å². The lowest BCUT2D eigenvalue weighted by Gasteiger charge is -2.32. The average molecular weight is 413 g/mol. The molecule has 1 aliphatic heterocycles. The maximum absolute atomic E-state index is 12.8. The van der Waals surface area contributed by atoms with Gasteiger partial charge in [0.2, 0.25) is 0 Å². The third kappa shape index (κ3) is 3.91. The second-order valence-corrected chi connectivity index (χ2v) is 7.38. The maximum Gasteiger partial charge on any atom is 0.321 e. The van der Waals surface area contributed by atoms with Crippen LogP contribution in [-0.4, -0.2) is 40.7 Å². The van der Waals surface area contributed by atoms with Crippen LogP contribution in [0.5, 0.6) is 5.75 Å². The molecule has 4 rings (SSSR count). The summed E-state index contributed by atoms with van der Waals surface area (Å²) in [6.45, 7) is 1.12. The molecule has 29 heavy (non-hydrogen) atoms. The molecule has 3 aromatic rings. The number of benzene rings is 2. The van der Waals surface area contributed by atoms with E-state index in [1.165, 1.54) is 0 Å². The second kappa shape index (κ2) is 8.13. The van der Waals surface area contributed by atoms with Crippen molar-refractivity contribution in [3.8, 4) is 5.75 Å². The first kappa shape index (κ1) is 19.3. The quantitative estimate of drug-likeness (QED) is 0.707. The van der Waals surface area contributed by atoms with Crippen molar-refractivity contribution >= 4 is 34.2 Å². The Hall–Kier alpha value is -3.06. The van der Waals surface area contributed by atoms with Gasteiger partial charge in [-0.2, -0.15) is 0 Å². The van der Waals surface area contributed by atoms with Crippen molar-refractivity contribution in [2.45, 2.75) is 18.9 Å². The van der Waals surface area contributed by atoms with Crippen LogP contribution in [-0.2, 0) is 0 Å². The number of anilines is 1. The molecule has 0 unspecified atom stereocenters. The molecule has 1 aromatic heterocycles. The standard InChI is InChI=1S/C21H21ClN4O3/c1-29-16-7-5-14(6-8-16)24-21(28)25-11-9-15(10-12-25)26-13-23-19-17(20(26)27)3-2-4-18(19)22/h2-8,13,15H,9-12H2,1H3,(H,24,28). The van der Waals surface area contributed by atoms with Gasteiger partial charge in [-0.1, -0.05) is 17.7 Å². The first-order chi connectivity index (χ1) is 14.1. The van der Waals surface area contributed by atoms with Gasteiger partial charge in [-0.3, -0.25) is 9.36 Å². The summed E-state index contributed by atoms with van der Waals surface area (Å²) in [4.78, 5) is 31.5. The van der Waals surface area contributed by atoms with Gasteiger partial charge in [0.05, 0.1) is 29.4 Å². The number of nitrogens with zero attached hydrogens (tertiary/aromatic N) is 3. The molecule has 150 valence electrons. The highest BCUT2D eigenvalue weighted by molar-refractivity contribution is 6.34. The van der Waals surface area contributed by atoms with Crippen LogP contribution in [0.1, 0.15) is 18.9 Å². The first-order valence-electron chi connectivity index (χ1n) is 9.42. The molecule has 0 radical (unpaired) electrons. The first-order valence-corrected chi connectivity index (χ1v) is 9.80. The van der Waals surface area contributed by atoms with Crippen molar-refractivity contribution in [3.63, 3.8) is 0 Å². The zero-order valence-electron chi connectivity index (χ0n) is 16.0. The fourth-order valence-electron chi connectivity index (χ4n) is 3.61. The number of fused-ring (bicyclic) bond motifs is 1. The predicted molar refractivity (Wildman–Crippen MR) is 113 cm³/mol. The molecule has 2 aromatic carbocycles. The normalized spacial score (nSPS) is 14.8. The van der Waals surface area contributed by atoms with E-state index >= 15 is 0 Å². The molecule has 1 saturated heterocycles. The number of rotatable bonds is 3. The topological polar surface area (TPSA) is 76.5 Å². The van der Waals surface area contributed by atoms with E-state index in [0.717, 1.165) is 5.75 Å². The van der Waals surface area contributed by atoms with Gasteiger partial charge < -0.3 is 15.0 Å².